The van der Waals surface area contributed by atoms with Crippen molar-refractivity contribution in [3.8, 4) is 6.07 Å². The third-order valence-electron chi connectivity index (χ3n) is 1.71. The lowest BCUT2D eigenvalue weighted by atomic mass is 10.1. The summed E-state index contributed by atoms with van der Waals surface area (Å²) in [6, 6.07) is 6.05. The first-order valence-electron chi connectivity index (χ1n) is 3.75. The molecule has 0 atom stereocenters. The van der Waals surface area contributed by atoms with E-state index in [0.717, 1.165) is 0 Å². The van der Waals surface area contributed by atoms with Crippen LogP contribution in [0.25, 0.3) is 0 Å². The number of hydrogen-bond acceptors (Lipinski definition) is 4. The first-order chi connectivity index (χ1) is 6.49. The number of primary sulfonamides is 1. The zero-order chi connectivity index (χ0) is 10.8. The van der Waals surface area contributed by atoms with Crippen LogP contribution >= 0.6 is 0 Å². The summed E-state index contributed by atoms with van der Waals surface area (Å²) in [5.41, 5.74) is 5.99. The van der Waals surface area contributed by atoms with Gasteiger partial charge in [0.1, 0.15) is 6.07 Å². The van der Waals surface area contributed by atoms with Crippen molar-refractivity contribution in [2.24, 2.45) is 10.9 Å². The Kier molecular flexibility index (Phi) is 2.86. The number of nitriles is 1. The Morgan fingerprint density at radius 2 is 2.07 bits per heavy atom. The number of benzene rings is 1. The van der Waals surface area contributed by atoms with Gasteiger partial charge in [-0.1, -0.05) is 6.07 Å². The van der Waals surface area contributed by atoms with Gasteiger partial charge in [0.05, 0.1) is 10.5 Å². The molecular formula is C8H9N3O2S. The molecule has 0 aliphatic carbocycles. The second-order valence-electron chi connectivity index (χ2n) is 2.69. The van der Waals surface area contributed by atoms with Crippen LogP contribution < -0.4 is 10.9 Å². The average molecular weight is 211 g/mol. The fraction of sp³-hybridized carbons (Fsp3) is 0.125. The van der Waals surface area contributed by atoms with Crippen LogP contribution in [0.15, 0.2) is 23.1 Å². The molecule has 0 heterocycles. The molecular weight excluding hydrogens is 202 g/mol. The third kappa shape index (κ3) is 2.09. The van der Waals surface area contributed by atoms with Crippen molar-refractivity contribution in [3.63, 3.8) is 0 Å². The summed E-state index contributed by atoms with van der Waals surface area (Å²) in [6.07, 6.45) is 0. The molecule has 0 bridgehead atoms. The molecule has 0 spiro atoms. The third-order valence-corrected chi connectivity index (χ3v) is 2.66. The van der Waals surface area contributed by atoms with E-state index in [1.54, 1.807) is 12.1 Å². The molecule has 1 aromatic rings. The van der Waals surface area contributed by atoms with E-state index >= 15 is 0 Å². The lowest BCUT2D eigenvalue weighted by Gasteiger charge is -2.03. The SMILES string of the molecule is N#Cc1ccc(CN)cc1S(N)(=O)=O. The normalized spacial score (nSPS) is 10.9. The average Bonchev–Trinajstić information content (AvgIpc) is 2.15. The summed E-state index contributed by atoms with van der Waals surface area (Å²) in [5.74, 6) is 0. The highest BCUT2D eigenvalue weighted by molar-refractivity contribution is 7.89. The largest absolute Gasteiger partial charge is 0.326 e. The lowest BCUT2D eigenvalue weighted by molar-refractivity contribution is 0.597. The molecule has 5 nitrogen and oxygen atoms in total. The summed E-state index contributed by atoms with van der Waals surface area (Å²) < 4.78 is 22.1. The van der Waals surface area contributed by atoms with Gasteiger partial charge >= 0.3 is 0 Å². The smallest absolute Gasteiger partial charge is 0.239 e. The zero-order valence-electron chi connectivity index (χ0n) is 7.27. The highest BCUT2D eigenvalue weighted by atomic mass is 32.2. The van der Waals surface area contributed by atoms with Crippen LogP contribution in [0, 0.1) is 11.3 Å². The minimum absolute atomic E-state index is 0.0321. The van der Waals surface area contributed by atoms with Crippen LogP contribution in [0.4, 0.5) is 0 Å². The lowest BCUT2D eigenvalue weighted by Crippen LogP contribution is -2.14. The Morgan fingerprint density at radius 1 is 1.43 bits per heavy atom. The zero-order valence-corrected chi connectivity index (χ0v) is 8.08. The van der Waals surface area contributed by atoms with Gasteiger partial charge in [-0.05, 0) is 17.7 Å². The Morgan fingerprint density at radius 3 is 2.50 bits per heavy atom. The molecule has 0 saturated heterocycles. The minimum Gasteiger partial charge on any atom is -0.326 e. The second kappa shape index (κ2) is 3.75. The minimum atomic E-state index is -3.86. The molecule has 0 aromatic heterocycles. The van der Waals surface area contributed by atoms with Crippen molar-refractivity contribution in [3.05, 3.63) is 29.3 Å². The number of nitrogens with zero attached hydrogens (tertiary/aromatic N) is 1. The van der Waals surface area contributed by atoms with Gasteiger partial charge in [-0.25, -0.2) is 13.6 Å². The molecule has 4 N–H and O–H groups in total. The summed E-state index contributed by atoms with van der Waals surface area (Å²) in [6.45, 7) is 0.203. The van der Waals surface area contributed by atoms with Crippen LogP contribution in [-0.2, 0) is 16.6 Å². The first kappa shape index (κ1) is 10.7. The van der Waals surface area contributed by atoms with E-state index in [0.29, 0.717) is 5.56 Å². The van der Waals surface area contributed by atoms with Crippen molar-refractivity contribution in [1.29, 1.82) is 5.26 Å². The van der Waals surface area contributed by atoms with Crippen molar-refractivity contribution >= 4 is 10.0 Å². The van der Waals surface area contributed by atoms with E-state index in [1.807, 2.05) is 0 Å². The van der Waals surface area contributed by atoms with Crippen LogP contribution in [0.2, 0.25) is 0 Å². The van der Waals surface area contributed by atoms with E-state index in [9.17, 15) is 8.42 Å². The van der Waals surface area contributed by atoms with Crippen molar-refractivity contribution in [2.45, 2.75) is 11.4 Å². The van der Waals surface area contributed by atoms with E-state index in [-0.39, 0.29) is 17.0 Å². The molecule has 0 unspecified atom stereocenters. The maximum Gasteiger partial charge on any atom is 0.239 e. The molecule has 0 saturated carbocycles. The quantitative estimate of drug-likeness (QED) is 0.697. The predicted molar refractivity (Wildman–Crippen MR) is 50.4 cm³/mol. The summed E-state index contributed by atoms with van der Waals surface area (Å²) in [5, 5.41) is 13.6. The van der Waals surface area contributed by atoms with Crippen LogP contribution in [0.5, 0.6) is 0 Å². The maximum atomic E-state index is 11.1. The van der Waals surface area contributed by atoms with E-state index in [1.165, 1.54) is 12.1 Å². The van der Waals surface area contributed by atoms with Crippen LogP contribution in [0.1, 0.15) is 11.1 Å². The summed E-state index contributed by atoms with van der Waals surface area (Å²) >= 11 is 0. The highest BCUT2D eigenvalue weighted by Gasteiger charge is 2.13. The molecule has 74 valence electrons. The molecule has 0 aliphatic heterocycles. The Balaban J connectivity index is 3.47. The summed E-state index contributed by atoms with van der Waals surface area (Å²) in [4.78, 5) is -0.178. The van der Waals surface area contributed by atoms with Gasteiger partial charge in [0.2, 0.25) is 10.0 Å². The maximum absolute atomic E-state index is 11.1. The standard InChI is InChI=1S/C8H9N3O2S/c9-4-6-1-2-7(5-10)8(3-6)14(11,12)13/h1-3H,4,9H2,(H2,11,12,13). The molecule has 14 heavy (non-hydrogen) atoms. The fourth-order valence-corrected chi connectivity index (χ4v) is 1.76. The van der Waals surface area contributed by atoms with Gasteiger partial charge in [0, 0.05) is 6.54 Å². The fourth-order valence-electron chi connectivity index (χ4n) is 1.02. The highest BCUT2D eigenvalue weighted by Crippen LogP contribution is 2.15. The van der Waals surface area contributed by atoms with Gasteiger partial charge < -0.3 is 5.73 Å². The Hall–Kier alpha value is -1.42. The van der Waals surface area contributed by atoms with Gasteiger partial charge in [-0.3, -0.25) is 0 Å². The van der Waals surface area contributed by atoms with Crippen LogP contribution in [-0.4, -0.2) is 8.42 Å². The number of hydrogen-bond donors (Lipinski definition) is 2. The van der Waals surface area contributed by atoms with E-state index < -0.39 is 10.0 Å². The number of rotatable bonds is 2. The predicted octanol–water partition coefficient (Wildman–Crippen LogP) is -0.336. The van der Waals surface area contributed by atoms with Gasteiger partial charge in [-0.15, -0.1) is 0 Å². The molecule has 6 heteroatoms. The topological polar surface area (TPSA) is 110 Å². The van der Waals surface area contributed by atoms with E-state index in [2.05, 4.69) is 0 Å². The first-order valence-corrected chi connectivity index (χ1v) is 5.29. The monoisotopic (exact) mass is 211 g/mol. The molecule has 0 fully saturated rings. The number of sulfonamides is 1. The molecule has 1 rings (SSSR count). The molecule has 0 radical (unpaired) electrons. The summed E-state index contributed by atoms with van der Waals surface area (Å²) in [7, 11) is -3.86. The van der Waals surface area contributed by atoms with Crippen molar-refractivity contribution in [2.75, 3.05) is 0 Å². The molecule has 0 amide bonds. The Labute approximate surface area is 82.0 Å². The van der Waals surface area contributed by atoms with Gasteiger partial charge in [0.25, 0.3) is 0 Å². The van der Waals surface area contributed by atoms with E-state index in [4.69, 9.17) is 16.1 Å². The number of nitrogens with two attached hydrogens (primary N) is 2. The molecule has 0 aliphatic rings. The van der Waals surface area contributed by atoms with Crippen molar-refractivity contribution in [1.82, 2.24) is 0 Å². The van der Waals surface area contributed by atoms with Crippen molar-refractivity contribution < 1.29 is 8.42 Å². The van der Waals surface area contributed by atoms with Gasteiger partial charge in [-0.2, -0.15) is 5.26 Å². The van der Waals surface area contributed by atoms with Crippen LogP contribution in [0.3, 0.4) is 0 Å². The Bertz CT molecular complexity index is 488. The van der Waals surface area contributed by atoms with Gasteiger partial charge in [0.15, 0.2) is 0 Å². The molecule has 1 aromatic carbocycles. The second-order valence-corrected chi connectivity index (χ2v) is 4.22.